The molecule has 0 saturated heterocycles. The second-order valence-corrected chi connectivity index (χ2v) is 22.5. The van der Waals surface area contributed by atoms with Crippen LogP contribution in [0.1, 0.15) is 361 Å². The Hall–Kier alpha value is -1.66. The molecule has 72 heavy (non-hydrogen) atoms. The first-order valence-electron chi connectivity index (χ1n) is 32.6. The van der Waals surface area contributed by atoms with E-state index in [1.54, 1.807) is 6.08 Å². The van der Waals surface area contributed by atoms with E-state index in [0.717, 1.165) is 44.9 Å². The lowest BCUT2D eigenvalue weighted by atomic mass is 10.0. The Morgan fingerprint density at radius 3 is 0.986 bits per heavy atom. The highest BCUT2D eigenvalue weighted by Gasteiger charge is 2.18. The summed E-state index contributed by atoms with van der Waals surface area (Å²) in [7, 11) is 0. The van der Waals surface area contributed by atoms with E-state index in [0.29, 0.717) is 19.4 Å². The molecule has 0 rings (SSSR count). The van der Waals surface area contributed by atoms with Crippen molar-refractivity contribution in [3.8, 4) is 0 Å². The molecule has 0 bridgehead atoms. The summed E-state index contributed by atoms with van der Waals surface area (Å²) < 4.78 is 5.49. The van der Waals surface area contributed by atoms with Crippen molar-refractivity contribution >= 4 is 11.9 Å². The second kappa shape index (κ2) is 61.9. The van der Waals surface area contributed by atoms with E-state index in [4.69, 9.17) is 4.74 Å². The molecule has 0 aliphatic carbocycles. The lowest BCUT2D eigenvalue weighted by Gasteiger charge is -2.20. The molecular formula is C66H127NO5. The molecule has 0 aromatic carbocycles. The molecule has 0 saturated carbocycles. The van der Waals surface area contributed by atoms with Crippen molar-refractivity contribution in [3.05, 3.63) is 24.3 Å². The number of hydrogen-bond donors (Lipinski definition) is 3. The standard InChI is InChI=1S/C66H127NO5/c1-3-5-7-9-11-13-15-17-19-27-31-34-38-42-46-50-54-58-64(69)63(62-68)67-65(70)59-55-51-47-43-39-35-32-28-25-23-21-20-22-24-26-29-33-37-41-45-49-53-57-61-72-66(71)60-56-52-48-44-40-36-30-18-16-14-12-10-8-6-4-2/h18,30,54,58,63-64,68-69H,3-17,19-29,31-53,55-57,59-62H2,1-2H3,(H,67,70)/b30-18-,58-54+. The summed E-state index contributed by atoms with van der Waals surface area (Å²) in [6.45, 7) is 4.92. The van der Waals surface area contributed by atoms with Crippen LogP contribution in [0.4, 0.5) is 0 Å². The Morgan fingerprint density at radius 2 is 0.653 bits per heavy atom. The number of carbonyl (C=O) groups excluding carboxylic acids is 2. The van der Waals surface area contributed by atoms with Gasteiger partial charge in [0.1, 0.15) is 0 Å². The Labute approximate surface area is 450 Å². The molecule has 0 radical (unpaired) electrons. The van der Waals surface area contributed by atoms with Gasteiger partial charge in [0.2, 0.25) is 5.91 Å². The minimum atomic E-state index is -0.844. The smallest absolute Gasteiger partial charge is 0.305 e. The number of allylic oxidation sites excluding steroid dienone is 3. The first kappa shape index (κ1) is 70.3. The third-order valence-electron chi connectivity index (χ3n) is 15.2. The fourth-order valence-corrected chi connectivity index (χ4v) is 10.2. The highest BCUT2D eigenvalue weighted by Crippen LogP contribution is 2.18. The van der Waals surface area contributed by atoms with Crippen molar-refractivity contribution in [1.29, 1.82) is 0 Å². The topological polar surface area (TPSA) is 95.9 Å². The van der Waals surface area contributed by atoms with Crippen molar-refractivity contribution < 1.29 is 24.5 Å². The average molecular weight is 1010 g/mol. The number of carbonyl (C=O) groups is 2. The molecular weight excluding hydrogens is 887 g/mol. The van der Waals surface area contributed by atoms with Gasteiger partial charge in [-0.2, -0.15) is 0 Å². The Balaban J connectivity index is 3.39. The predicted molar refractivity (Wildman–Crippen MR) is 315 cm³/mol. The van der Waals surface area contributed by atoms with Gasteiger partial charge in [-0.05, 0) is 57.8 Å². The molecule has 2 atom stereocenters. The number of rotatable bonds is 61. The van der Waals surface area contributed by atoms with Gasteiger partial charge in [0, 0.05) is 12.8 Å². The molecule has 0 heterocycles. The molecule has 1 amide bonds. The summed E-state index contributed by atoms with van der Waals surface area (Å²) in [4.78, 5) is 24.5. The summed E-state index contributed by atoms with van der Waals surface area (Å²) in [6, 6.07) is -0.627. The van der Waals surface area contributed by atoms with Gasteiger partial charge in [-0.3, -0.25) is 9.59 Å². The Morgan fingerprint density at radius 1 is 0.375 bits per heavy atom. The van der Waals surface area contributed by atoms with E-state index >= 15 is 0 Å². The maximum absolute atomic E-state index is 12.5. The number of aliphatic hydroxyl groups is 2. The summed E-state index contributed by atoms with van der Waals surface area (Å²) in [5.41, 5.74) is 0. The number of unbranched alkanes of at least 4 members (excludes halogenated alkanes) is 48. The van der Waals surface area contributed by atoms with Gasteiger partial charge in [-0.15, -0.1) is 0 Å². The number of aliphatic hydroxyl groups excluding tert-OH is 2. The van der Waals surface area contributed by atoms with E-state index in [9.17, 15) is 19.8 Å². The quantitative estimate of drug-likeness (QED) is 0.0320. The van der Waals surface area contributed by atoms with Crippen LogP contribution in [0.2, 0.25) is 0 Å². The Kier molecular flexibility index (Phi) is 60.5. The van der Waals surface area contributed by atoms with Gasteiger partial charge < -0.3 is 20.3 Å². The second-order valence-electron chi connectivity index (χ2n) is 22.5. The lowest BCUT2D eigenvalue weighted by molar-refractivity contribution is -0.143. The molecule has 0 spiro atoms. The van der Waals surface area contributed by atoms with E-state index in [1.807, 2.05) is 6.08 Å². The zero-order chi connectivity index (χ0) is 52.2. The summed E-state index contributed by atoms with van der Waals surface area (Å²) >= 11 is 0. The van der Waals surface area contributed by atoms with E-state index in [2.05, 4.69) is 31.3 Å². The minimum Gasteiger partial charge on any atom is -0.466 e. The van der Waals surface area contributed by atoms with Gasteiger partial charge in [0.15, 0.2) is 0 Å². The molecule has 2 unspecified atom stereocenters. The number of amides is 1. The summed E-state index contributed by atoms with van der Waals surface area (Å²) in [6.07, 6.45) is 76.6. The first-order chi connectivity index (χ1) is 35.5. The van der Waals surface area contributed by atoms with Crippen LogP contribution in [0, 0.1) is 0 Å². The molecule has 426 valence electrons. The van der Waals surface area contributed by atoms with Crippen LogP contribution < -0.4 is 5.32 Å². The summed E-state index contributed by atoms with van der Waals surface area (Å²) in [5, 5.41) is 23.2. The predicted octanol–water partition coefficient (Wildman–Crippen LogP) is 20.6. The average Bonchev–Trinajstić information content (AvgIpc) is 3.38. The molecule has 0 aromatic heterocycles. The largest absolute Gasteiger partial charge is 0.466 e. The van der Waals surface area contributed by atoms with E-state index < -0.39 is 12.1 Å². The molecule has 0 fully saturated rings. The lowest BCUT2D eigenvalue weighted by Crippen LogP contribution is -2.45. The number of nitrogens with one attached hydrogen (secondary N) is 1. The number of hydrogen-bond acceptors (Lipinski definition) is 5. The SMILES string of the molecule is CCCCCCCC/C=C\CCCCCCCC(=O)OCCCCCCCCCCCCCCCCCCCCCCCCCC(=O)NC(CO)C(O)/C=C/CCCCCCCCCCCCCCCCC. The van der Waals surface area contributed by atoms with Crippen LogP contribution >= 0.6 is 0 Å². The van der Waals surface area contributed by atoms with Crippen LogP contribution in [-0.2, 0) is 14.3 Å². The fourth-order valence-electron chi connectivity index (χ4n) is 10.2. The van der Waals surface area contributed by atoms with Crippen LogP contribution in [0.3, 0.4) is 0 Å². The van der Waals surface area contributed by atoms with Crippen molar-refractivity contribution in [1.82, 2.24) is 5.32 Å². The Bertz CT molecular complexity index is 1120. The minimum absolute atomic E-state index is 0.00647. The van der Waals surface area contributed by atoms with E-state index in [1.165, 1.54) is 289 Å². The van der Waals surface area contributed by atoms with Crippen molar-refractivity contribution in [3.63, 3.8) is 0 Å². The van der Waals surface area contributed by atoms with Gasteiger partial charge in [0.05, 0.1) is 25.4 Å². The number of ether oxygens (including phenoxy) is 1. The van der Waals surface area contributed by atoms with Crippen molar-refractivity contribution in [2.75, 3.05) is 13.2 Å². The van der Waals surface area contributed by atoms with Crippen LogP contribution in [0.25, 0.3) is 0 Å². The fraction of sp³-hybridized carbons (Fsp3) is 0.909. The molecule has 6 heteroatoms. The number of esters is 1. The monoisotopic (exact) mass is 1010 g/mol. The van der Waals surface area contributed by atoms with Crippen LogP contribution in [0.15, 0.2) is 24.3 Å². The first-order valence-corrected chi connectivity index (χ1v) is 32.6. The van der Waals surface area contributed by atoms with Gasteiger partial charge in [0.25, 0.3) is 0 Å². The van der Waals surface area contributed by atoms with Gasteiger partial charge in [-0.25, -0.2) is 0 Å². The van der Waals surface area contributed by atoms with Gasteiger partial charge >= 0.3 is 5.97 Å². The van der Waals surface area contributed by atoms with Crippen molar-refractivity contribution in [2.45, 2.75) is 373 Å². The molecule has 6 nitrogen and oxygen atoms in total. The highest BCUT2D eigenvalue weighted by molar-refractivity contribution is 5.76. The normalized spacial score (nSPS) is 12.7. The maximum Gasteiger partial charge on any atom is 0.305 e. The zero-order valence-corrected chi connectivity index (χ0v) is 48.7. The molecule has 0 aromatic rings. The van der Waals surface area contributed by atoms with Crippen molar-refractivity contribution in [2.24, 2.45) is 0 Å². The zero-order valence-electron chi connectivity index (χ0n) is 48.7. The van der Waals surface area contributed by atoms with Crippen LogP contribution in [-0.4, -0.2) is 47.4 Å². The third kappa shape index (κ3) is 57.6. The third-order valence-corrected chi connectivity index (χ3v) is 15.2. The van der Waals surface area contributed by atoms with Crippen LogP contribution in [0.5, 0.6) is 0 Å². The highest BCUT2D eigenvalue weighted by atomic mass is 16.5. The summed E-state index contributed by atoms with van der Waals surface area (Å²) in [5.74, 6) is -0.0584. The molecule has 0 aliphatic rings. The van der Waals surface area contributed by atoms with E-state index in [-0.39, 0.29) is 18.5 Å². The van der Waals surface area contributed by atoms with Gasteiger partial charge in [-0.1, -0.05) is 314 Å². The molecule has 3 N–H and O–H groups in total. The molecule has 0 aliphatic heterocycles. The maximum atomic E-state index is 12.5.